The molecule has 0 atom stereocenters. The van der Waals surface area contributed by atoms with Crippen molar-refractivity contribution in [3.8, 4) is 11.5 Å². The van der Waals surface area contributed by atoms with Crippen LogP contribution in [0, 0.1) is 0 Å². The van der Waals surface area contributed by atoms with Gasteiger partial charge in [-0.15, -0.1) is 0 Å². The minimum Gasteiger partial charge on any atom is -0.497 e. The van der Waals surface area contributed by atoms with Gasteiger partial charge < -0.3 is 14.4 Å². The lowest BCUT2D eigenvalue weighted by molar-refractivity contribution is 0.0729. The Morgan fingerprint density at radius 1 is 0.806 bits per heavy atom. The lowest BCUT2D eigenvalue weighted by Crippen LogP contribution is -2.30. The molecule has 0 saturated carbocycles. The number of pyridine rings is 1. The lowest BCUT2D eigenvalue weighted by atomic mass is 10.1. The molecule has 4 rings (SSSR count). The average molecular weight is 501 g/mol. The third kappa shape index (κ3) is 6.71. The first-order valence-corrected chi connectivity index (χ1v) is 11.7. The van der Waals surface area contributed by atoms with Crippen LogP contribution < -0.4 is 9.47 Å². The number of rotatable bonds is 10. The predicted molar refractivity (Wildman–Crippen MR) is 139 cm³/mol. The largest absolute Gasteiger partial charge is 0.497 e. The van der Waals surface area contributed by atoms with E-state index < -0.39 is 0 Å². The number of Topliss-reactive ketones (excluding diaryl/α,β-unsaturated/α-hetero) is 1. The first kappa shape index (κ1) is 24.9. The molecule has 0 spiro atoms. The summed E-state index contributed by atoms with van der Waals surface area (Å²) in [5.41, 5.74) is 2.94. The summed E-state index contributed by atoms with van der Waals surface area (Å²) < 4.78 is 11.0. The highest BCUT2D eigenvalue weighted by atomic mass is 35.5. The standard InChI is InChI=1S/C29H25ClN2O4/c1-35-26-11-7-24(8-12-26)29(34)32(18-21-13-15-31-16-14-21)19-22-3-2-4-27(17-22)36-20-28(33)23-5-9-25(30)10-6-23/h2-17H,18-20H2,1H3. The molecule has 1 amide bonds. The number of hydrogen-bond acceptors (Lipinski definition) is 5. The molecule has 3 aromatic carbocycles. The number of ketones is 1. The quantitative estimate of drug-likeness (QED) is 0.255. The number of methoxy groups -OCH3 is 1. The number of nitrogens with zero attached hydrogens (tertiary/aromatic N) is 2. The van der Waals surface area contributed by atoms with Gasteiger partial charge in [-0.2, -0.15) is 0 Å². The van der Waals surface area contributed by atoms with Gasteiger partial charge >= 0.3 is 0 Å². The second kappa shape index (κ2) is 12.0. The summed E-state index contributed by atoms with van der Waals surface area (Å²) in [6, 6.07) is 24.9. The lowest BCUT2D eigenvalue weighted by Gasteiger charge is -2.23. The van der Waals surface area contributed by atoms with Gasteiger partial charge in [0.05, 0.1) is 7.11 Å². The first-order chi connectivity index (χ1) is 17.5. The number of amides is 1. The number of halogens is 1. The van der Waals surface area contributed by atoms with Crippen molar-refractivity contribution < 1.29 is 19.1 Å². The molecule has 0 aliphatic rings. The second-order valence-electron chi connectivity index (χ2n) is 8.11. The molecule has 1 aromatic heterocycles. The minimum atomic E-state index is -0.147. The Labute approximate surface area is 215 Å². The Bertz CT molecular complexity index is 1310. The van der Waals surface area contributed by atoms with E-state index in [1.807, 2.05) is 30.3 Å². The van der Waals surface area contributed by atoms with Gasteiger partial charge in [0, 0.05) is 41.6 Å². The Kier molecular flexibility index (Phi) is 8.32. The fourth-order valence-corrected chi connectivity index (χ4v) is 3.77. The van der Waals surface area contributed by atoms with Gasteiger partial charge in [-0.3, -0.25) is 14.6 Å². The van der Waals surface area contributed by atoms with Gasteiger partial charge in [0.2, 0.25) is 0 Å². The fourth-order valence-electron chi connectivity index (χ4n) is 3.65. The van der Waals surface area contributed by atoms with Crippen LogP contribution in [-0.2, 0) is 13.1 Å². The molecule has 1 heterocycles. The van der Waals surface area contributed by atoms with Crippen molar-refractivity contribution in [1.82, 2.24) is 9.88 Å². The zero-order valence-corrected chi connectivity index (χ0v) is 20.5. The topological polar surface area (TPSA) is 68.7 Å². The van der Waals surface area contributed by atoms with Crippen molar-refractivity contribution >= 4 is 23.3 Å². The molecular formula is C29H25ClN2O4. The van der Waals surface area contributed by atoms with Gasteiger partial charge in [0.1, 0.15) is 11.5 Å². The summed E-state index contributed by atoms with van der Waals surface area (Å²) >= 11 is 5.89. The van der Waals surface area contributed by atoms with E-state index in [-0.39, 0.29) is 18.3 Å². The maximum atomic E-state index is 13.4. The van der Waals surface area contributed by atoms with Crippen LogP contribution in [0.25, 0.3) is 0 Å². The molecule has 0 bridgehead atoms. The summed E-state index contributed by atoms with van der Waals surface area (Å²) in [6.45, 7) is 0.666. The number of hydrogen-bond donors (Lipinski definition) is 0. The third-order valence-electron chi connectivity index (χ3n) is 5.55. The summed E-state index contributed by atoms with van der Waals surface area (Å²) in [7, 11) is 1.59. The molecular weight excluding hydrogens is 476 g/mol. The zero-order chi connectivity index (χ0) is 25.3. The molecule has 0 N–H and O–H groups in total. The number of aromatic nitrogens is 1. The van der Waals surface area contributed by atoms with E-state index in [1.165, 1.54) is 0 Å². The number of carbonyl (C=O) groups is 2. The van der Waals surface area contributed by atoms with E-state index in [0.717, 1.165) is 11.1 Å². The molecule has 7 heteroatoms. The van der Waals surface area contributed by atoms with E-state index in [0.29, 0.717) is 40.7 Å². The van der Waals surface area contributed by atoms with Crippen molar-refractivity contribution in [3.05, 3.63) is 125 Å². The van der Waals surface area contributed by atoms with E-state index in [1.54, 1.807) is 79.0 Å². The summed E-state index contributed by atoms with van der Waals surface area (Å²) in [5.74, 6) is 0.977. The zero-order valence-electron chi connectivity index (χ0n) is 19.8. The van der Waals surface area contributed by atoms with E-state index >= 15 is 0 Å². The molecule has 0 fully saturated rings. The van der Waals surface area contributed by atoms with Gasteiger partial charge in [-0.1, -0.05) is 23.7 Å². The van der Waals surface area contributed by atoms with Crippen LogP contribution in [0.4, 0.5) is 0 Å². The summed E-state index contributed by atoms with van der Waals surface area (Å²) in [4.78, 5) is 31.7. The Balaban J connectivity index is 1.49. The minimum absolute atomic E-state index is 0.101. The molecule has 0 saturated heterocycles. The Morgan fingerprint density at radius 3 is 2.17 bits per heavy atom. The van der Waals surface area contributed by atoms with Crippen molar-refractivity contribution in [2.24, 2.45) is 0 Å². The average Bonchev–Trinajstić information content (AvgIpc) is 2.92. The fraction of sp³-hybridized carbons (Fsp3) is 0.138. The molecule has 0 unspecified atom stereocenters. The van der Waals surface area contributed by atoms with Crippen molar-refractivity contribution in [2.75, 3.05) is 13.7 Å². The number of carbonyl (C=O) groups excluding carboxylic acids is 2. The predicted octanol–water partition coefficient (Wildman–Crippen LogP) is 5.85. The van der Waals surface area contributed by atoms with E-state index in [9.17, 15) is 9.59 Å². The van der Waals surface area contributed by atoms with Crippen LogP contribution in [0.3, 0.4) is 0 Å². The second-order valence-corrected chi connectivity index (χ2v) is 8.55. The normalized spacial score (nSPS) is 10.5. The number of benzene rings is 3. The van der Waals surface area contributed by atoms with Crippen LogP contribution in [0.15, 0.2) is 97.3 Å². The van der Waals surface area contributed by atoms with Crippen LogP contribution in [-0.4, -0.2) is 35.3 Å². The SMILES string of the molecule is COc1ccc(C(=O)N(Cc2ccncc2)Cc2cccc(OCC(=O)c3ccc(Cl)cc3)c2)cc1. The highest BCUT2D eigenvalue weighted by Gasteiger charge is 2.18. The smallest absolute Gasteiger partial charge is 0.254 e. The first-order valence-electron chi connectivity index (χ1n) is 11.3. The molecule has 36 heavy (non-hydrogen) atoms. The molecule has 4 aromatic rings. The summed E-state index contributed by atoms with van der Waals surface area (Å²) in [6.07, 6.45) is 3.41. The highest BCUT2D eigenvalue weighted by Crippen LogP contribution is 2.20. The van der Waals surface area contributed by atoms with Crippen molar-refractivity contribution in [3.63, 3.8) is 0 Å². The van der Waals surface area contributed by atoms with Crippen LogP contribution in [0.2, 0.25) is 5.02 Å². The maximum absolute atomic E-state index is 13.4. The van der Waals surface area contributed by atoms with Crippen molar-refractivity contribution in [2.45, 2.75) is 13.1 Å². The number of ether oxygens (including phenoxy) is 2. The Morgan fingerprint density at radius 2 is 1.47 bits per heavy atom. The molecule has 6 nitrogen and oxygen atoms in total. The monoisotopic (exact) mass is 500 g/mol. The van der Waals surface area contributed by atoms with Crippen LogP contribution >= 0.6 is 11.6 Å². The maximum Gasteiger partial charge on any atom is 0.254 e. The van der Waals surface area contributed by atoms with E-state index in [4.69, 9.17) is 21.1 Å². The van der Waals surface area contributed by atoms with Crippen molar-refractivity contribution in [1.29, 1.82) is 0 Å². The van der Waals surface area contributed by atoms with Gasteiger partial charge in [0.25, 0.3) is 5.91 Å². The van der Waals surface area contributed by atoms with E-state index in [2.05, 4.69) is 4.98 Å². The molecule has 0 aliphatic carbocycles. The molecule has 0 radical (unpaired) electrons. The molecule has 182 valence electrons. The van der Waals surface area contributed by atoms with Crippen LogP contribution in [0.1, 0.15) is 31.8 Å². The van der Waals surface area contributed by atoms with Gasteiger partial charge in [-0.05, 0) is 83.9 Å². The van der Waals surface area contributed by atoms with Gasteiger partial charge in [0.15, 0.2) is 12.4 Å². The Hall–Kier alpha value is -4.16. The van der Waals surface area contributed by atoms with Crippen LogP contribution in [0.5, 0.6) is 11.5 Å². The highest BCUT2D eigenvalue weighted by molar-refractivity contribution is 6.30. The summed E-state index contributed by atoms with van der Waals surface area (Å²) in [5, 5.41) is 0.570. The van der Waals surface area contributed by atoms with Gasteiger partial charge in [-0.25, -0.2) is 0 Å². The third-order valence-corrected chi connectivity index (χ3v) is 5.81. The molecule has 0 aliphatic heterocycles.